The van der Waals surface area contributed by atoms with Crippen molar-refractivity contribution in [1.29, 1.82) is 0 Å². The number of benzene rings is 1. The molecule has 0 saturated carbocycles. The number of thiophene rings is 1. The third kappa shape index (κ3) is 5.55. The molecule has 0 atom stereocenters. The summed E-state index contributed by atoms with van der Waals surface area (Å²) in [5.41, 5.74) is -0.211. The Bertz CT molecular complexity index is 764. The zero-order valence-corrected chi connectivity index (χ0v) is 15.0. The van der Waals surface area contributed by atoms with Crippen LogP contribution >= 0.6 is 11.3 Å². The second-order valence-electron chi connectivity index (χ2n) is 5.28. The molecule has 0 aliphatic carbocycles. The van der Waals surface area contributed by atoms with Crippen LogP contribution in [0, 0.1) is 10.1 Å². The van der Waals surface area contributed by atoms with Crippen molar-refractivity contribution in [2.45, 2.75) is 13.5 Å². The molecule has 2 rings (SSSR count). The zero-order chi connectivity index (χ0) is 18.9. The van der Waals surface area contributed by atoms with E-state index in [1.165, 1.54) is 34.4 Å². The normalized spacial score (nSPS) is 10.2. The minimum Gasteiger partial charge on any atom is -0.477 e. The third-order valence-electron chi connectivity index (χ3n) is 3.52. The topological polar surface area (TPSA) is 102 Å². The summed E-state index contributed by atoms with van der Waals surface area (Å²) in [6.45, 7) is 2.01. The molecule has 1 aromatic carbocycles. The van der Waals surface area contributed by atoms with Crippen molar-refractivity contribution in [2.24, 2.45) is 0 Å². The highest BCUT2D eigenvalue weighted by Crippen LogP contribution is 2.25. The number of rotatable bonds is 9. The van der Waals surface area contributed by atoms with Gasteiger partial charge in [0, 0.05) is 17.5 Å². The lowest BCUT2D eigenvalue weighted by molar-refractivity contribution is -0.385. The van der Waals surface area contributed by atoms with Gasteiger partial charge in [0.15, 0.2) is 12.4 Å². The van der Waals surface area contributed by atoms with E-state index in [1.54, 1.807) is 13.0 Å². The standard InChI is InChI=1S/C17H19N3O5S/c1-2-19(11-16(21)18-10-13-6-5-9-26-13)17(22)12-25-15-8-4-3-7-14(15)20(23)24/h3-9H,2,10-12H2,1H3,(H,18,21). The van der Waals surface area contributed by atoms with E-state index in [2.05, 4.69) is 5.32 Å². The number of hydrogen-bond acceptors (Lipinski definition) is 6. The summed E-state index contributed by atoms with van der Waals surface area (Å²) in [5.74, 6) is -0.680. The van der Waals surface area contributed by atoms with Gasteiger partial charge in [-0.15, -0.1) is 11.3 Å². The number of carbonyl (C=O) groups excluding carboxylic acids is 2. The van der Waals surface area contributed by atoms with Crippen molar-refractivity contribution in [2.75, 3.05) is 19.7 Å². The van der Waals surface area contributed by atoms with Gasteiger partial charge in [-0.1, -0.05) is 18.2 Å². The van der Waals surface area contributed by atoms with Gasteiger partial charge in [-0.2, -0.15) is 0 Å². The van der Waals surface area contributed by atoms with Gasteiger partial charge in [0.05, 0.1) is 18.0 Å². The molecule has 9 heteroatoms. The maximum atomic E-state index is 12.3. The van der Waals surface area contributed by atoms with Crippen LogP contribution in [0.5, 0.6) is 5.75 Å². The number of ether oxygens (including phenoxy) is 1. The summed E-state index contributed by atoms with van der Waals surface area (Å²) in [6, 6.07) is 9.64. The van der Waals surface area contributed by atoms with Gasteiger partial charge in [0.25, 0.3) is 5.91 Å². The molecule has 0 aliphatic rings. The van der Waals surface area contributed by atoms with E-state index >= 15 is 0 Å². The average Bonchev–Trinajstić information content (AvgIpc) is 3.16. The summed E-state index contributed by atoms with van der Waals surface area (Å²) in [4.78, 5) is 37.0. The quantitative estimate of drug-likeness (QED) is 0.533. The lowest BCUT2D eigenvalue weighted by atomic mass is 10.3. The number of hydrogen-bond donors (Lipinski definition) is 1. The second-order valence-corrected chi connectivity index (χ2v) is 6.31. The molecule has 26 heavy (non-hydrogen) atoms. The summed E-state index contributed by atoms with van der Waals surface area (Å²) in [5, 5.41) is 15.6. The van der Waals surface area contributed by atoms with Gasteiger partial charge in [0.2, 0.25) is 5.91 Å². The number of nitro groups is 1. The van der Waals surface area contributed by atoms with Crippen LogP contribution in [0.4, 0.5) is 5.69 Å². The lowest BCUT2D eigenvalue weighted by Crippen LogP contribution is -2.42. The Morgan fingerprint density at radius 1 is 1.27 bits per heavy atom. The highest BCUT2D eigenvalue weighted by molar-refractivity contribution is 7.09. The van der Waals surface area contributed by atoms with Crippen molar-refractivity contribution >= 4 is 28.8 Å². The fraction of sp³-hybridized carbons (Fsp3) is 0.294. The van der Waals surface area contributed by atoms with Gasteiger partial charge in [-0.3, -0.25) is 19.7 Å². The first-order valence-corrected chi connectivity index (χ1v) is 8.82. The summed E-state index contributed by atoms with van der Waals surface area (Å²) >= 11 is 1.53. The molecule has 0 fully saturated rings. The van der Waals surface area contributed by atoms with Gasteiger partial charge in [0.1, 0.15) is 0 Å². The van der Waals surface area contributed by atoms with Crippen LogP contribution in [0.25, 0.3) is 0 Å². The molecule has 138 valence electrons. The molecule has 0 saturated heterocycles. The highest BCUT2D eigenvalue weighted by Gasteiger charge is 2.19. The number of para-hydroxylation sites is 2. The van der Waals surface area contributed by atoms with Crippen molar-refractivity contribution < 1.29 is 19.2 Å². The van der Waals surface area contributed by atoms with Crippen molar-refractivity contribution in [3.05, 3.63) is 56.8 Å². The highest BCUT2D eigenvalue weighted by atomic mass is 32.1. The Morgan fingerprint density at radius 2 is 2.04 bits per heavy atom. The Balaban J connectivity index is 1.86. The van der Waals surface area contributed by atoms with Crippen LogP contribution in [0.1, 0.15) is 11.8 Å². The van der Waals surface area contributed by atoms with Crippen molar-refractivity contribution in [3.63, 3.8) is 0 Å². The summed E-state index contributed by atoms with van der Waals surface area (Å²) in [7, 11) is 0. The molecule has 0 spiro atoms. The fourth-order valence-corrected chi connectivity index (χ4v) is 2.81. The first-order valence-electron chi connectivity index (χ1n) is 7.94. The maximum Gasteiger partial charge on any atom is 0.310 e. The minimum absolute atomic E-state index is 0.0176. The van der Waals surface area contributed by atoms with Crippen molar-refractivity contribution in [3.8, 4) is 5.75 Å². The number of amides is 2. The molecule has 0 aliphatic heterocycles. The summed E-state index contributed by atoms with van der Waals surface area (Å²) in [6.07, 6.45) is 0. The van der Waals surface area contributed by atoms with E-state index in [-0.39, 0.29) is 30.5 Å². The van der Waals surface area contributed by atoms with Crippen LogP contribution in [-0.2, 0) is 16.1 Å². The SMILES string of the molecule is CCN(CC(=O)NCc1cccs1)C(=O)COc1ccccc1[N+](=O)[O-]. The molecule has 1 heterocycles. The molecular formula is C17H19N3O5S. The predicted octanol–water partition coefficient (Wildman–Crippen LogP) is 2.20. The average molecular weight is 377 g/mol. The van der Waals surface area contributed by atoms with Gasteiger partial charge in [-0.25, -0.2) is 0 Å². The van der Waals surface area contributed by atoms with Crippen LogP contribution in [0.15, 0.2) is 41.8 Å². The number of carbonyl (C=O) groups is 2. The van der Waals surface area contributed by atoms with Crippen LogP contribution in [0.3, 0.4) is 0 Å². The molecule has 0 radical (unpaired) electrons. The Hall–Kier alpha value is -2.94. The number of nitrogens with one attached hydrogen (secondary N) is 1. The van der Waals surface area contributed by atoms with Crippen molar-refractivity contribution in [1.82, 2.24) is 10.2 Å². The van der Waals surface area contributed by atoms with Crippen LogP contribution < -0.4 is 10.1 Å². The zero-order valence-electron chi connectivity index (χ0n) is 14.2. The van der Waals surface area contributed by atoms with E-state index in [4.69, 9.17) is 4.74 Å². The first-order chi connectivity index (χ1) is 12.5. The fourth-order valence-electron chi connectivity index (χ4n) is 2.17. The largest absolute Gasteiger partial charge is 0.477 e. The number of nitrogens with zero attached hydrogens (tertiary/aromatic N) is 2. The molecule has 0 bridgehead atoms. The number of likely N-dealkylation sites (N-methyl/N-ethyl adjacent to an activating group) is 1. The number of nitro benzene ring substituents is 1. The van der Waals surface area contributed by atoms with E-state index in [0.717, 1.165) is 4.88 Å². The van der Waals surface area contributed by atoms with E-state index in [9.17, 15) is 19.7 Å². The van der Waals surface area contributed by atoms with Gasteiger partial charge in [-0.05, 0) is 24.4 Å². The molecule has 8 nitrogen and oxygen atoms in total. The van der Waals surface area contributed by atoms with Crippen LogP contribution in [-0.4, -0.2) is 41.3 Å². The smallest absolute Gasteiger partial charge is 0.310 e. The van der Waals surface area contributed by atoms with E-state index in [1.807, 2.05) is 17.5 Å². The first kappa shape index (κ1) is 19.4. The third-order valence-corrected chi connectivity index (χ3v) is 4.40. The second kappa shape index (κ2) is 9.52. The Morgan fingerprint density at radius 3 is 2.69 bits per heavy atom. The molecule has 2 amide bonds. The minimum atomic E-state index is -0.574. The lowest BCUT2D eigenvalue weighted by Gasteiger charge is -2.20. The molecule has 1 aromatic heterocycles. The maximum absolute atomic E-state index is 12.3. The molecule has 2 aromatic rings. The molecule has 1 N–H and O–H groups in total. The predicted molar refractivity (Wildman–Crippen MR) is 97.0 cm³/mol. The summed E-state index contributed by atoms with van der Waals surface area (Å²) < 4.78 is 5.28. The van der Waals surface area contributed by atoms with Gasteiger partial charge < -0.3 is 15.0 Å². The van der Waals surface area contributed by atoms with Gasteiger partial charge >= 0.3 is 5.69 Å². The van der Waals surface area contributed by atoms with E-state index < -0.39 is 10.8 Å². The Labute approximate surface area is 154 Å². The molecular weight excluding hydrogens is 358 g/mol. The Kier molecular flexibility index (Phi) is 7.10. The monoisotopic (exact) mass is 377 g/mol. The van der Waals surface area contributed by atoms with Crippen LogP contribution in [0.2, 0.25) is 0 Å². The van der Waals surface area contributed by atoms with E-state index in [0.29, 0.717) is 13.1 Å². The molecule has 0 unspecified atom stereocenters.